The first-order chi connectivity index (χ1) is 15.7. The van der Waals surface area contributed by atoms with Gasteiger partial charge in [0.05, 0.1) is 5.54 Å². The minimum Gasteiger partial charge on any atom is -0.461 e. The molecule has 5 rings (SSSR count). The van der Waals surface area contributed by atoms with Crippen LogP contribution in [0.1, 0.15) is 113 Å². The average Bonchev–Trinajstić information content (AvgIpc) is 2.74. The molecule has 0 bridgehead atoms. The Balaban J connectivity index is 1.54. The van der Waals surface area contributed by atoms with E-state index in [0.717, 1.165) is 37.0 Å². The summed E-state index contributed by atoms with van der Waals surface area (Å²) in [5, 5.41) is 0. The number of fused-ring (bicyclic) bond motifs is 7. The fraction of sp³-hybridized carbons (Fsp3) is 0.903. The highest BCUT2D eigenvalue weighted by Gasteiger charge is 2.68. The maximum Gasteiger partial charge on any atom is 0.302 e. The van der Waals surface area contributed by atoms with Crippen LogP contribution in [0, 0.1) is 51.2 Å². The number of carbonyl (C=O) groups excluding carboxylic acids is 1. The summed E-state index contributed by atoms with van der Waals surface area (Å²) < 4.78 is 5.78. The first-order valence-corrected chi connectivity index (χ1v) is 14.4. The van der Waals surface area contributed by atoms with E-state index in [2.05, 4.69) is 54.5 Å². The smallest absolute Gasteiger partial charge is 0.302 e. The number of allylic oxidation sites excluding steroid dienone is 2. The predicted molar refractivity (Wildman–Crippen MR) is 139 cm³/mol. The van der Waals surface area contributed by atoms with Crippen LogP contribution in [0.4, 0.5) is 0 Å². The van der Waals surface area contributed by atoms with E-state index < -0.39 is 5.54 Å². The Hall–Kier alpha value is -0.830. The van der Waals surface area contributed by atoms with Crippen molar-refractivity contribution in [1.29, 1.82) is 0 Å². The minimum atomic E-state index is -0.455. The lowest BCUT2D eigenvalue weighted by atomic mass is 9.34. The summed E-state index contributed by atoms with van der Waals surface area (Å²) in [5.41, 5.74) is 9.76. The lowest BCUT2D eigenvalue weighted by Crippen LogP contribution is -2.69. The van der Waals surface area contributed by atoms with Crippen LogP contribution < -0.4 is 5.73 Å². The molecular formula is C31H51NO2. The number of rotatable bonds is 1. The fourth-order valence-electron chi connectivity index (χ4n) is 11.0. The van der Waals surface area contributed by atoms with Crippen LogP contribution >= 0.6 is 0 Å². The Morgan fingerprint density at radius 2 is 1.65 bits per heavy atom. The normalized spacial score (nSPS) is 56.8. The van der Waals surface area contributed by atoms with E-state index in [1.54, 1.807) is 0 Å². The number of nitrogens with two attached hydrogens (primary N) is 1. The first-order valence-electron chi connectivity index (χ1n) is 14.4. The first kappa shape index (κ1) is 24.8. The highest BCUT2D eigenvalue weighted by molar-refractivity contribution is 5.66. The van der Waals surface area contributed by atoms with Crippen LogP contribution in [0.3, 0.4) is 0 Å². The van der Waals surface area contributed by atoms with Crippen molar-refractivity contribution in [2.45, 2.75) is 125 Å². The molecule has 34 heavy (non-hydrogen) atoms. The molecule has 0 spiro atoms. The molecule has 4 saturated carbocycles. The van der Waals surface area contributed by atoms with Crippen molar-refractivity contribution in [3.05, 3.63) is 11.6 Å². The number of esters is 1. The Morgan fingerprint density at radius 1 is 0.941 bits per heavy atom. The average molecular weight is 470 g/mol. The van der Waals surface area contributed by atoms with Gasteiger partial charge in [-0.05, 0) is 116 Å². The summed E-state index contributed by atoms with van der Waals surface area (Å²) in [6.45, 7) is 19.2. The third-order valence-electron chi connectivity index (χ3n) is 13.4. The van der Waals surface area contributed by atoms with E-state index in [4.69, 9.17) is 10.5 Å². The van der Waals surface area contributed by atoms with E-state index >= 15 is 0 Å². The topological polar surface area (TPSA) is 52.3 Å². The van der Waals surface area contributed by atoms with Gasteiger partial charge in [-0.1, -0.05) is 53.2 Å². The van der Waals surface area contributed by atoms with Gasteiger partial charge < -0.3 is 10.5 Å². The largest absolute Gasteiger partial charge is 0.461 e. The van der Waals surface area contributed by atoms with Gasteiger partial charge in [0.25, 0.3) is 0 Å². The summed E-state index contributed by atoms with van der Waals surface area (Å²) in [4.78, 5) is 11.8. The van der Waals surface area contributed by atoms with E-state index in [1.807, 2.05) is 5.57 Å². The Labute approximate surface area is 209 Å². The Bertz CT molecular complexity index is 892. The maximum absolute atomic E-state index is 11.8. The maximum atomic E-state index is 11.8. The van der Waals surface area contributed by atoms with E-state index in [9.17, 15) is 4.79 Å². The molecule has 11 atom stereocenters. The van der Waals surface area contributed by atoms with Gasteiger partial charge in [-0.2, -0.15) is 0 Å². The minimum absolute atomic E-state index is 0.155. The summed E-state index contributed by atoms with van der Waals surface area (Å²) in [6.07, 6.45) is 13.8. The molecule has 0 heterocycles. The molecule has 0 aliphatic heterocycles. The van der Waals surface area contributed by atoms with Crippen molar-refractivity contribution in [3.63, 3.8) is 0 Å². The van der Waals surface area contributed by atoms with Gasteiger partial charge in [-0.25, -0.2) is 0 Å². The van der Waals surface area contributed by atoms with Gasteiger partial charge in [0, 0.05) is 6.92 Å². The molecule has 0 aromatic heterocycles. The third kappa shape index (κ3) is 3.07. The lowest BCUT2D eigenvalue weighted by Gasteiger charge is -2.71. The summed E-state index contributed by atoms with van der Waals surface area (Å²) >= 11 is 0. The number of hydrogen-bond acceptors (Lipinski definition) is 3. The number of carbonyl (C=O) groups is 1. The monoisotopic (exact) mass is 469 g/mol. The van der Waals surface area contributed by atoms with Crippen molar-refractivity contribution in [3.8, 4) is 0 Å². The predicted octanol–water partition coefficient (Wildman–Crippen LogP) is 7.29. The molecule has 5 aliphatic carbocycles. The summed E-state index contributed by atoms with van der Waals surface area (Å²) in [5.74, 6) is 3.21. The van der Waals surface area contributed by atoms with Gasteiger partial charge in [-0.3, -0.25) is 4.79 Å². The SMILES string of the molecule is CC(=O)O[C@@H]1CC[C@]2(C)[C@H]3CC=C4[C@@H]5[C@@H](C)[C@H](C)CC[C@]5(C)CC[C@@]4(C)[C@]3(C)CC[C@H]2[C@@]1(C)N. The molecule has 0 unspecified atom stereocenters. The standard InChI is InChI=1S/C31H51NO2/c1-19-11-14-27(4)17-18-29(6)22(26(27)20(19)2)9-10-23-28(5)15-13-25(34-21(3)33)31(8,32)24(28)12-16-30(23,29)7/h9,19-20,23-26H,10-18,32H2,1-8H3/t19-,20+,23-,24-,25-,26+,27-,28-,29-,30-,31-/m1/s1. The van der Waals surface area contributed by atoms with Crippen LogP contribution in [0.2, 0.25) is 0 Å². The van der Waals surface area contributed by atoms with Gasteiger partial charge in [0.15, 0.2) is 0 Å². The van der Waals surface area contributed by atoms with Gasteiger partial charge in [-0.15, -0.1) is 0 Å². The molecule has 0 amide bonds. The Morgan fingerprint density at radius 3 is 2.32 bits per heavy atom. The van der Waals surface area contributed by atoms with E-state index in [-0.39, 0.29) is 22.9 Å². The molecule has 3 heteroatoms. The van der Waals surface area contributed by atoms with E-state index in [1.165, 1.54) is 45.4 Å². The second-order valence-electron chi connectivity index (χ2n) is 14.8. The van der Waals surface area contributed by atoms with Crippen LogP contribution in [0.5, 0.6) is 0 Å². The van der Waals surface area contributed by atoms with Crippen LogP contribution in [0.25, 0.3) is 0 Å². The number of hydrogen-bond donors (Lipinski definition) is 1. The van der Waals surface area contributed by atoms with Crippen molar-refractivity contribution in [1.82, 2.24) is 0 Å². The van der Waals surface area contributed by atoms with Gasteiger partial charge >= 0.3 is 5.97 Å². The second kappa shape index (κ2) is 7.59. The highest BCUT2D eigenvalue weighted by atomic mass is 16.5. The molecular weight excluding hydrogens is 418 g/mol. The van der Waals surface area contributed by atoms with Gasteiger partial charge in [0.2, 0.25) is 0 Å². The van der Waals surface area contributed by atoms with Crippen molar-refractivity contribution in [2.24, 2.45) is 57.0 Å². The van der Waals surface area contributed by atoms with E-state index in [0.29, 0.717) is 22.7 Å². The molecule has 5 aliphatic rings. The summed E-state index contributed by atoms with van der Waals surface area (Å²) in [7, 11) is 0. The van der Waals surface area contributed by atoms with Crippen molar-refractivity contribution in [2.75, 3.05) is 0 Å². The molecule has 0 aromatic carbocycles. The van der Waals surface area contributed by atoms with Crippen LogP contribution in [0.15, 0.2) is 11.6 Å². The zero-order valence-corrected chi connectivity index (χ0v) is 23.3. The zero-order chi connectivity index (χ0) is 24.9. The fourth-order valence-corrected chi connectivity index (χ4v) is 11.0. The molecule has 0 saturated heterocycles. The Kier molecular flexibility index (Phi) is 5.55. The zero-order valence-electron chi connectivity index (χ0n) is 23.3. The van der Waals surface area contributed by atoms with Crippen molar-refractivity contribution < 1.29 is 9.53 Å². The molecule has 4 fully saturated rings. The molecule has 2 N–H and O–H groups in total. The highest BCUT2D eigenvalue weighted by Crippen LogP contribution is 2.75. The molecule has 192 valence electrons. The molecule has 3 nitrogen and oxygen atoms in total. The quantitative estimate of drug-likeness (QED) is 0.324. The second-order valence-corrected chi connectivity index (χ2v) is 14.8. The van der Waals surface area contributed by atoms with Crippen LogP contribution in [-0.4, -0.2) is 17.6 Å². The number of ether oxygens (including phenoxy) is 1. The molecule has 0 aromatic rings. The molecule has 0 radical (unpaired) electrons. The summed E-state index contributed by atoms with van der Waals surface area (Å²) in [6, 6.07) is 0. The van der Waals surface area contributed by atoms with Crippen molar-refractivity contribution >= 4 is 5.97 Å². The van der Waals surface area contributed by atoms with Crippen LogP contribution in [-0.2, 0) is 9.53 Å². The van der Waals surface area contributed by atoms with Gasteiger partial charge in [0.1, 0.15) is 6.10 Å². The lowest BCUT2D eigenvalue weighted by molar-refractivity contribution is -0.195. The third-order valence-corrected chi connectivity index (χ3v) is 13.4.